The van der Waals surface area contributed by atoms with Gasteiger partial charge in [0.1, 0.15) is 6.61 Å². The van der Waals surface area contributed by atoms with Crippen LogP contribution in [0.4, 0.5) is 0 Å². The summed E-state index contributed by atoms with van der Waals surface area (Å²) in [6.45, 7) is 13.7. The lowest BCUT2D eigenvalue weighted by Crippen LogP contribution is -2.20. The van der Waals surface area contributed by atoms with Gasteiger partial charge < -0.3 is 4.84 Å². The van der Waals surface area contributed by atoms with Crippen LogP contribution in [0, 0.1) is 18.3 Å². The molecule has 0 saturated carbocycles. The van der Waals surface area contributed by atoms with E-state index in [1.165, 1.54) is 5.56 Å². The van der Waals surface area contributed by atoms with E-state index in [-0.39, 0.29) is 5.41 Å². The average Bonchev–Trinajstić information content (AvgIpc) is 2.26. The van der Waals surface area contributed by atoms with Crippen LogP contribution in [-0.2, 0) is 4.84 Å². The SMILES string of the molecule is C/C(=N\OCC(C)(C)CC(C)C)c1cccc(C)c1. The summed E-state index contributed by atoms with van der Waals surface area (Å²) in [4.78, 5) is 5.54. The fourth-order valence-electron chi connectivity index (χ4n) is 2.39. The maximum atomic E-state index is 5.54. The van der Waals surface area contributed by atoms with Gasteiger partial charge >= 0.3 is 0 Å². The van der Waals surface area contributed by atoms with Gasteiger partial charge in [0.25, 0.3) is 0 Å². The molecule has 0 aromatic heterocycles. The lowest BCUT2D eigenvalue weighted by atomic mass is 9.85. The summed E-state index contributed by atoms with van der Waals surface area (Å²) in [6.07, 6.45) is 1.14. The molecule has 19 heavy (non-hydrogen) atoms. The van der Waals surface area contributed by atoms with E-state index in [9.17, 15) is 0 Å². The number of aryl methyl sites for hydroxylation is 1. The molecule has 0 N–H and O–H groups in total. The Balaban J connectivity index is 2.57. The van der Waals surface area contributed by atoms with Gasteiger partial charge in [-0.1, -0.05) is 62.7 Å². The van der Waals surface area contributed by atoms with Crippen LogP contribution in [-0.4, -0.2) is 12.3 Å². The highest BCUT2D eigenvalue weighted by Gasteiger charge is 2.20. The van der Waals surface area contributed by atoms with Crippen LogP contribution in [0.5, 0.6) is 0 Å². The van der Waals surface area contributed by atoms with Gasteiger partial charge in [0.2, 0.25) is 0 Å². The van der Waals surface area contributed by atoms with Crippen molar-refractivity contribution in [1.82, 2.24) is 0 Å². The molecule has 0 amide bonds. The Bertz CT molecular complexity index is 433. The third-order valence-electron chi connectivity index (χ3n) is 3.05. The topological polar surface area (TPSA) is 21.6 Å². The number of hydrogen-bond donors (Lipinski definition) is 0. The zero-order valence-corrected chi connectivity index (χ0v) is 13.2. The van der Waals surface area contributed by atoms with Crippen molar-refractivity contribution in [2.75, 3.05) is 6.61 Å². The van der Waals surface area contributed by atoms with Crippen molar-refractivity contribution in [3.63, 3.8) is 0 Å². The average molecular weight is 261 g/mol. The summed E-state index contributed by atoms with van der Waals surface area (Å²) >= 11 is 0. The minimum absolute atomic E-state index is 0.171. The Morgan fingerprint density at radius 3 is 2.58 bits per heavy atom. The van der Waals surface area contributed by atoms with E-state index in [4.69, 9.17) is 4.84 Å². The Morgan fingerprint density at radius 1 is 1.32 bits per heavy atom. The Hall–Kier alpha value is -1.31. The Kier molecular flexibility index (Phi) is 5.59. The zero-order valence-electron chi connectivity index (χ0n) is 13.2. The van der Waals surface area contributed by atoms with Gasteiger partial charge in [-0.15, -0.1) is 0 Å². The third kappa shape index (κ3) is 5.91. The number of benzene rings is 1. The summed E-state index contributed by atoms with van der Waals surface area (Å²) in [5.41, 5.74) is 3.47. The summed E-state index contributed by atoms with van der Waals surface area (Å²) in [7, 11) is 0. The second-order valence-corrected chi connectivity index (χ2v) is 6.58. The fraction of sp³-hybridized carbons (Fsp3) is 0.588. The fourth-order valence-corrected chi connectivity index (χ4v) is 2.39. The first-order valence-electron chi connectivity index (χ1n) is 7.04. The maximum Gasteiger partial charge on any atom is 0.122 e. The van der Waals surface area contributed by atoms with E-state index in [1.54, 1.807) is 0 Å². The second-order valence-electron chi connectivity index (χ2n) is 6.58. The third-order valence-corrected chi connectivity index (χ3v) is 3.05. The number of oxime groups is 1. The zero-order chi connectivity index (χ0) is 14.5. The summed E-state index contributed by atoms with van der Waals surface area (Å²) in [5, 5.41) is 4.24. The highest BCUT2D eigenvalue weighted by Crippen LogP contribution is 2.25. The molecular formula is C17H27NO. The van der Waals surface area contributed by atoms with Crippen LogP contribution in [0.15, 0.2) is 29.4 Å². The van der Waals surface area contributed by atoms with E-state index in [1.807, 2.05) is 13.0 Å². The van der Waals surface area contributed by atoms with Crippen molar-refractivity contribution in [2.24, 2.45) is 16.5 Å². The van der Waals surface area contributed by atoms with Gasteiger partial charge in [-0.3, -0.25) is 0 Å². The predicted molar refractivity (Wildman–Crippen MR) is 82.6 cm³/mol. The smallest absolute Gasteiger partial charge is 0.122 e. The van der Waals surface area contributed by atoms with E-state index in [2.05, 4.69) is 58.0 Å². The molecule has 0 aliphatic rings. The van der Waals surface area contributed by atoms with Gasteiger partial charge in [-0.2, -0.15) is 0 Å². The molecule has 0 aliphatic carbocycles. The first kappa shape index (κ1) is 15.7. The summed E-state index contributed by atoms with van der Waals surface area (Å²) in [5.74, 6) is 0.681. The summed E-state index contributed by atoms with van der Waals surface area (Å²) < 4.78 is 0. The molecule has 1 aromatic rings. The molecule has 1 rings (SSSR count). The monoisotopic (exact) mass is 261 g/mol. The van der Waals surface area contributed by atoms with E-state index in [0.717, 1.165) is 17.7 Å². The molecule has 0 saturated heterocycles. The predicted octanol–water partition coefficient (Wildman–Crippen LogP) is 4.81. The first-order valence-corrected chi connectivity index (χ1v) is 7.04. The van der Waals surface area contributed by atoms with Crippen LogP contribution in [0.2, 0.25) is 0 Å². The Labute approximate surface area is 117 Å². The van der Waals surface area contributed by atoms with Crippen molar-refractivity contribution in [3.05, 3.63) is 35.4 Å². The van der Waals surface area contributed by atoms with Crippen molar-refractivity contribution in [1.29, 1.82) is 0 Å². The lowest BCUT2D eigenvalue weighted by Gasteiger charge is -2.24. The van der Waals surface area contributed by atoms with Crippen LogP contribution in [0.3, 0.4) is 0 Å². The van der Waals surface area contributed by atoms with Crippen LogP contribution >= 0.6 is 0 Å². The molecule has 0 unspecified atom stereocenters. The summed E-state index contributed by atoms with van der Waals surface area (Å²) in [6, 6.07) is 8.33. The molecule has 2 heteroatoms. The van der Waals surface area contributed by atoms with Crippen LogP contribution in [0.1, 0.15) is 52.2 Å². The number of nitrogens with zero attached hydrogens (tertiary/aromatic N) is 1. The molecule has 106 valence electrons. The molecule has 0 spiro atoms. The van der Waals surface area contributed by atoms with Gasteiger partial charge in [-0.05, 0) is 31.7 Å². The number of rotatable bonds is 6. The molecule has 2 nitrogen and oxygen atoms in total. The van der Waals surface area contributed by atoms with E-state index in [0.29, 0.717) is 12.5 Å². The lowest BCUT2D eigenvalue weighted by molar-refractivity contribution is 0.0559. The highest BCUT2D eigenvalue weighted by atomic mass is 16.6. The standard InChI is InChI=1S/C17H27NO/c1-13(2)11-17(5,6)12-19-18-15(4)16-9-7-8-14(3)10-16/h7-10,13H,11-12H2,1-6H3/b18-15+. The van der Waals surface area contributed by atoms with Crippen molar-refractivity contribution in [2.45, 2.75) is 48.0 Å². The first-order chi connectivity index (χ1) is 8.80. The van der Waals surface area contributed by atoms with Crippen LogP contribution < -0.4 is 0 Å². The van der Waals surface area contributed by atoms with Crippen molar-refractivity contribution >= 4 is 5.71 Å². The van der Waals surface area contributed by atoms with Gasteiger partial charge in [0, 0.05) is 5.41 Å². The van der Waals surface area contributed by atoms with Crippen LogP contribution in [0.25, 0.3) is 0 Å². The normalized spacial score (nSPS) is 12.9. The highest BCUT2D eigenvalue weighted by molar-refractivity contribution is 5.98. The van der Waals surface area contributed by atoms with E-state index >= 15 is 0 Å². The molecule has 1 aromatic carbocycles. The maximum absolute atomic E-state index is 5.54. The number of hydrogen-bond acceptors (Lipinski definition) is 2. The van der Waals surface area contributed by atoms with E-state index < -0.39 is 0 Å². The molecule has 0 atom stereocenters. The minimum atomic E-state index is 0.171. The van der Waals surface area contributed by atoms with Crippen molar-refractivity contribution in [3.8, 4) is 0 Å². The van der Waals surface area contributed by atoms with Crippen molar-refractivity contribution < 1.29 is 4.84 Å². The van der Waals surface area contributed by atoms with Gasteiger partial charge in [0.05, 0.1) is 5.71 Å². The molecule has 0 bridgehead atoms. The molecular weight excluding hydrogens is 234 g/mol. The van der Waals surface area contributed by atoms with Gasteiger partial charge in [-0.25, -0.2) is 0 Å². The quantitative estimate of drug-likeness (QED) is 0.532. The van der Waals surface area contributed by atoms with Gasteiger partial charge in [0.15, 0.2) is 0 Å². The Morgan fingerprint density at radius 2 is 2.00 bits per heavy atom. The second kappa shape index (κ2) is 6.74. The molecule has 0 aliphatic heterocycles. The molecule has 0 heterocycles. The molecule has 0 radical (unpaired) electrons. The molecule has 0 fully saturated rings. The minimum Gasteiger partial charge on any atom is -0.395 e. The largest absolute Gasteiger partial charge is 0.395 e.